The smallest absolute Gasteiger partial charge is 0.143 e. The summed E-state index contributed by atoms with van der Waals surface area (Å²) >= 11 is 0. The maximum atomic E-state index is 12.9. The molecule has 2 fully saturated rings. The highest BCUT2D eigenvalue weighted by Gasteiger charge is 2.56. The van der Waals surface area contributed by atoms with Gasteiger partial charge in [0.15, 0.2) is 0 Å². The Morgan fingerprint density at radius 1 is 1.43 bits per heavy atom. The molecule has 2 bridgehead atoms. The van der Waals surface area contributed by atoms with Gasteiger partial charge in [0.25, 0.3) is 0 Å². The van der Waals surface area contributed by atoms with Gasteiger partial charge in [0.05, 0.1) is 5.41 Å². The first kappa shape index (κ1) is 13.3. The van der Waals surface area contributed by atoms with E-state index in [1.165, 1.54) is 23.1 Å². The minimum atomic E-state index is -0.182. The Morgan fingerprint density at radius 2 is 2.33 bits per heavy atom. The lowest BCUT2D eigenvalue weighted by molar-refractivity contribution is -0.132. The summed E-state index contributed by atoms with van der Waals surface area (Å²) in [6.45, 7) is 4.87. The van der Waals surface area contributed by atoms with E-state index >= 15 is 0 Å². The number of ketones is 1. The van der Waals surface area contributed by atoms with Gasteiger partial charge in [-0.3, -0.25) is 4.79 Å². The Morgan fingerprint density at radius 3 is 3.19 bits per heavy atom. The van der Waals surface area contributed by atoms with Crippen molar-refractivity contribution in [3.63, 3.8) is 0 Å². The van der Waals surface area contributed by atoms with E-state index in [1.54, 1.807) is 0 Å². The van der Waals surface area contributed by atoms with Crippen molar-refractivity contribution < 1.29 is 4.79 Å². The number of hydrogen-bond acceptors (Lipinski definition) is 2. The molecule has 1 saturated heterocycles. The molecule has 0 amide bonds. The van der Waals surface area contributed by atoms with Gasteiger partial charge in [0.2, 0.25) is 0 Å². The van der Waals surface area contributed by atoms with E-state index in [1.807, 2.05) is 6.08 Å². The average molecular weight is 281 g/mol. The van der Waals surface area contributed by atoms with Crippen LogP contribution in [0.15, 0.2) is 30.9 Å². The summed E-state index contributed by atoms with van der Waals surface area (Å²) in [5.41, 5.74) is 3.97. The van der Waals surface area contributed by atoms with E-state index in [9.17, 15) is 4.79 Å². The Bertz CT molecular complexity index is 606. The molecule has 0 aromatic heterocycles. The number of Topliss-reactive ketones (excluding diaryl/α,β-unsaturated/α-hetero) is 1. The number of fused-ring (bicyclic) bond motifs is 1. The van der Waals surface area contributed by atoms with Crippen LogP contribution in [0.3, 0.4) is 0 Å². The molecule has 2 nitrogen and oxygen atoms in total. The van der Waals surface area contributed by atoms with Crippen LogP contribution >= 0.6 is 0 Å². The van der Waals surface area contributed by atoms with Gasteiger partial charge in [-0.05, 0) is 61.3 Å². The predicted octanol–water partition coefficient (Wildman–Crippen LogP) is 2.94. The molecular weight excluding hydrogens is 258 g/mol. The highest BCUT2D eigenvalue weighted by atomic mass is 16.1. The molecule has 1 aromatic carbocycles. The fraction of sp³-hybridized carbons (Fsp3) is 0.526. The van der Waals surface area contributed by atoms with Crippen LogP contribution in [0.2, 0.25) is 0 Å². The molecule has 0 unspecified atom stereocenters. The van der Waals surface area contributed by atoms with Crippen LogP contribution in [0.5, 0.6) is 0 Å². The molecule has 2 heteroatoms. The molecule has 3 aliphatic rings. The van der Waals surface area contributed by atoms with Crippen molar-refractivity contribution in [3.05, 3.63) is 47.5 Å². The number of carbonyl (C=O) groups is 1. The Labute approximate surface area is 126 Å². The summed E-state index contributed by atoms with van der Waals surface area (Å²) in [5, 5.41) is 3.70. The Hall–Kier alpha value is -1.41. The molecule has 1 saturated carbocycles. The van der Waals surface area contributed by atoms with E-state index < -0.39 is 0 Å². The van der Waals surface area contributed by atoms with Crippen molar-refractivity contribution in [2.24, 2.45) is 5.92 Å². The third-order valence-corrected chi connectivity index (χ3v) is 6.00. The summed E-state index contributed by atoms with van der Waals surface area (Å²) in [7, 11) is 0. The number of benzene rings is 1. The molecule has 4 rings (SSSR count). The molecule has 2 aliphatic carbocycles. The molecule has 0 radical (unpaired) electrons. The number of allylic oxidation sites excluding steroid dienone is 1. The number of rotatable bonds is 2. The van der Waals surface area contributed by atoms with Crippen molar-refractivity contribution in [2.75, 3.05) is 6.54 Å². The summed E-state index contributed by atoms with van der Waals surface area (Å²) in [5.74, 6) is 1.01. The lowest BCUT2D eigenvalue weighted by Crippen LogP contribution is -2.63. The largest absolute Gasteiger partial charge is 0.313 e. The highest BCUT2D eigenvalue weighted by Crippen LogP contribution is 2.52. The van der Waals surface area contributed by atoms with E-state index in [0.29, 0.717) is 17.7 Å². The third kappa shape index (κ3) is 1.72. The summed E-state index contributed by atoms with van der Waals surface area (Å²) in [6, 6.07) is 7.08. The first-order valence-corrected chi connectivity index (χ1v) is 8.26. The summed E-state index contributed by atoms with van der Waals surface area (Å²) in [6.07, 6.45) is 8.00. The van der Waals surface area contributed by atoms with Gasteiger partial charge >= 0.3 is 0 Å². The number of hydrogen-bond donors (Lipinski definition) is 1. The first-order valence-electron chi connectivity index (χ1n) is 8.26. The van der Waals surface area contributed by atoms with Crippen LogP contribution in [0.25, 0.3) is 0 Å². The van der Waals surface area contributed by atoms with E-state index in [0.717, 1.165) is 38.6 Å². The number of carbonyl (C=O) groups excluding carboxylic acids is 1. The van der Waals surface area contributed by atoms with Gasteiger partial charge in [0, 0.05) is 12.5 Å². The monoisotopic (exact) mass is 281 g/mol. The third-order valence-electron chi connectivity index (χ3n) is 6.00. The Kier molecular flexibility index (Phi) is 3.04. The zero-order valence-electron chi connectivity index (χ0n) is 12.5. The molecule has 3 atom stereocenters. The molecule has 1 aromatic rings. The van der Waals surface area contributed by atoms with Crippen LogP contribution in [0.4, 0.5) is 0 Å². The second-order valence-corrected chi connectivity index (χ2v) is 6.84. The molecule has 1 N–H and O–H groups in total. The molecule has 110 valence electrons. The molecular formula is C19H23NO. The van der Waals surface area contributed by atoms with Gasteiger partial charge in [0.1, 0.15) is 5.78 Å². The summed E-state index contributed by atoms with van der Waals surface area (Å²) in [4.78, 5) is 12.9. The predicted molar refractivity (Wildman–Crippen MR) is 84.5 cm³/mol. The maximum Gasteiger partial charge on any atom is 0.143 e. The first-order chi connectivity index (χ1) is 10.3. The zero-order valence-corrected chi connectivity index (χ0v) is 12.5. The summed E-state index contributed by atoms with van der Waals surface area (Å²) < 4.78 is 0. The minimum Gasteiger partial charge on any atom is -0.313 e. The van der Waals surface area contributed by atoms with E-state index in [-0.39, 0.29) is 5.41 Å². The Balaban J connectivity index is 1.93. The standard InChI is InChI=1S/C19H23NO/c1-2-5-13-6-3-7-15-14(13)12-17-16-8-4-9-18(21)19(15,16)10-11-20-17/h2-3,6-7,16-17,20H,1,4-5,8-12H2/t16-,17+,19+/m0/s1. The van der Waals surface area contributed by atoms with Crippen LogP contribution in [0, 0.1) is 5.92 Å². The fourth-order valence-corrected chi connectivity index (χ4v) is 5.18. The molecule has 1 heterocycles. The van der Waals surface area contributed by atoms with Gasteiger partial charge in [-0.1, -0.05) is 24.3 Å². The minimum absolute atomic E-state index is 0.182. The molecule has 21 heavy (non-hydrogen) atoms. The highest BCUT2D eigenvalue weighted by molar-refractivity contribution is 5.92. The van der Waals surface area contributed by atoms with Gasteiger partial charge < -0.3 is 5.32 Å². The van der Waals surface area contributed by atoms with Gasteiger partial charge in [-0.15, -0.1) is 6.58 Å². The van der Waals surface area contributed by atoms with Crippen molar-refractivity contribution in [3.8, 4) is 0 Å². The van der Waals surface area contributed by atoms with Gasteiger partial charge in [-0.25, -0.2) is 0 Å². The van der Waals surface area contributed by atoms with Crippen LogP contribution in [-0.2, 0) is 23.1 Å². The van der Waals surface area contributed by atoms with Crippen molar-refractivity contribution >= 4 is 5.78 Å². The van der Waals surface area contributed by atoms with Crippen LogP contribution in [0.1, 0.15) is 42.4 Å². The van der Waals surface area contributed by atoms with Crippen LogP contribution in [-0.4, -0.2) is 18.4 Å². The van der Waals surface area contributed by atoms with Crippen molar-refractivity contribution in [1.29, 1.82) is 0 Å². The fourth-order valence-electron chi connectivity index (χ4n) is 5.18. The quantitative estimate of drug-likeness (QED) is 0.845. The zero-order chi connectivity index (χ0) is 14.4. The van der Waals surface area contributed by atoms with Crippen molar-refractivity contribution in [2.45, 2.75) is 50.0 Å². The van der Waals surface area contributed by atoms with Crippen LogP contribution < -0.4 is 5.32 Å². The maximum absolute atomic E-state index is 12.9. The SMILES string of the molecule is C=CCc1cccc2c1C[C@H]1NCC[C@@]23C(=O)CCC[C@@H]13. The normalized spacial score (nSPS) is 34.0. The van der Waals surface area contributed by atoms with Gasteiger partial charge in [-0.2, -0.15) is 0 Å². The molecule has 1 aliphatic heterocycles. The van der Waals surface area contributed by atoms with Crippen molar-refractivity contribution in [1.82, 2.24) is 5.32 Å². The van der Waals surface area contributed by atoms with E-state index in [2.05, 4.69) is 30.1 Å². The lowest BCUT2D eigenvalue weighted by Gasteiger charge is -2.54. The lowest BCUT2D eigenvalue weighted by atomic mass is 9.52. The second-order valence-electron chi connectivity index (χ2n) is 6.84. The average Bonchev–Trinajstić information content (AvgIpc) is 2.49. The number of piperidine rings is 1. The topological polar surface area (TPSA) is 29.1 Å². The molecule has 0 spiro atoms. The second kappa shape index (κ2) is 4.81. The number of nitrogens with one attached hydrogen (secondary N) is 1. The van der Waals surface area contributed by atoms with E-state index in [4.69, 9.17) is 0 Å².